The molecule has 0 aliphatic rings. The summed E-state index contributed by atoms with van der Waals surface area (Å²) in [4.78, 5) is 21.8. The zero-order valence-electron chi connectivity index (χ0n) is 7.87. The standard InChI is InChI=1S/C8H8Br4O4/c9-5(10)7(13)15-3-1-2-4-16-8(14)6(11)12/h1,3,5-6H,2,4H2. The number of halogens is 4. The van der Waals surface area contributed by atoms with Crippen LogP contribution in [0.2, 0.25) is 0 Å². The van der Waals surface area contributed by atoms with Gasteiger partial charge in [0, 0.05) is 6.42 Å². The van der Waals surface area contributed by atoms with Gasteiger partial charge in [-0.05, 0) is 6.08 Å². The first kappa shape index (κ1) is 16.6. The molecule has 0 amide bonds. The van der Waals surface area contributed by atoms with Crippen molar-refractivity contribution in [3.05, 3.63) is 12.3 Å². The van der Waals surface area contributed by atoms with Crippen LogP contribution in [-0.2, 0) is 19.1 Å². The van der Waals surface area contributed by atoms with Crippen molar-refractivity contribution >= 4 is 75.7 Å². The normalized spacial score (nSPS) is 11.1. The number of hydrogen-bond acceptors (Lipinski definition) is 4. The van der Waals surface area contributed by atoms with E-state index in [0.29, 0.717) is 6.42 Å². The Kier molecular flexibility index (Phi) is 9.97. The lowest BCUT2D eigenvalue weighted by molar-refractivity contribution is -0.141. The van der Waals surface area contributed by atoms with Crippen LogP contribution in [-0.4, -0.2) is 26.0 Å². The highest BCUT2D eigenvalue weighted by molar-refractivity contribution is 9.25. The van der Waals surface area contributed by atoms with Gasteiger partial charge in [-0.15, -0.1) is 0 Å². The molecule has 0 aromatic heterocycles. The molecule has 0 N–H and O–H groups in total. The van der Waals surface area contributed by atoms with Crippen molar-refractivity contribution in [2.45, 2.75) is 13.9 Å². The summed E-state index contributed by atoms with van der Waals surface area (Å²) < 4.78 is 8.48. The second-order valence-electron chi connectivity index (χ2n) is 2.37. The van der Waals surface area contributed by atoms with Gasteiger partial charge in [0.25, 0.3) is 0 Å². The van der Waals surface area contributed by atoms with E-state index >= 15 is 0 Å². The van der Waals surface area contributed by atoms with Crippen molar-refractivity contribution in [1.82, 2.24) is 0 Å². The Morgan fingerprint density at radius 3 is 2.12 bits per heavy atom. The molecule has 0 rings (SSSR count). The molecule has 0 heterocycles. The minimum Gasteiger partial charge on any atom is -0.464 e. The van der Waals surface area contributed by atoms with E-state index in [1.165, 1.54) is 6.26 Å². The first-order valence-electron chi connectivity index (χ1n) is 4.03. The average Bonchev–Trinajstić information content (AvgIpc) is 2.21. The van der Waals surface area contributed by atoms with E-state index in [4.69, 9.17) is 4.74 Å². The number of esters is 2. The van der Waals surface area contributed by atoms with Gasteiger partial charge in [-0.1, -0.05) is 63.7 Å². The van der Waals surface area contributed by atoms with Crippen molar-refractivity contribution in [3.63, 3.8) is 0 Å². The molecule has 0 aliphatic heterocycles. The largest absolute Gasteiger partial charge is 0.464 e. The SMILES string of the molecule is O=C(OC=CCCOC(=O)C(Br)Br)C(Br)Br. The Bertz CT molecular complexity index is 265. The van der Waals surface area contributed by atoms with Crippen molar-refractivity contribution in [3.8, 4) is 0 Å². The lowest BCUT2D eigenvalue weighted by Gasteiger charge is -2.02. The molecule has 4 nitrogen and oxygen atoms in total. The maximum Gasteiger partial charge on any atom is 0.335 e. The van der Waals surface area contributed by atoms with Gasteiger partial charge in [0.1, 0.15) is 0 Å². The Morgan fingerprint density at radius 1 is 1.06 bits per heavy atom. The zero-order valence-corrected chi connectivity index (χ0v) is 14.2. The van der Waals surface area contributed by atoms with Gasteiger partial charge in [-0.25, -0.2) is 9.59 Å². The summed E-state index contributed by atoms with van der Waals surface area (Å²) >= 11 is 12.0. The van der Waals surface area contributed by atoms with Crippen LogP contribution < -0.4 is 0 Å². The summed E-state index contributed by atoms with van der Waals surface area (Å²) in [7, 11) is 0. The van der Waals surface area contributed by atoms with Crippen LogP contribution in [0.3, 0.4) is 0 Å². The van der Waals surface area contributed by atoms with Gasteiger partial charge in [0.15, 0.2) is 7.47 Å². The van der Waals surface area contributed by atoms with Gasteiger partial charge >= 0.3 is 11.9 Å². The van der Waals surface area contributed by atoms with Gasteiger partial charge < -0.3 is 9.47 Å². The highest BCUT2D eigenvalue weighted by Gasteiger charge is 2.11. The lowest BCUT2D eigenvalue weighted by Crippen LogP contribution is -2.12. The quantitative estimate of drug-likeness (QED) is 0.250. The van der Waals surface area contributed by atoms with Crippen molar-refractivity contribution in [1.29, 1.82) is 0 Å². The van der Waals surface area contributed by atoms with Crippen LogP contribution in [0.1, 0.15) is 6.42 Å². The van der Waals surface area contributed by atoms with Crippen molar-refractivity contribution < 1.29 is 19.1 Å². The van der Waals surface area contributed by atoms with E-state index in [-0.39, 0.29) is 6.61 Å². The summed E-state index contributed by atoms with van der Waals surface area (Å²) in [6.07, 6.45) is 3.32. The zero-order chi connectivity index (χ0) is 12.6. The van der Waals surface area contributed by atoms with E-state index in [9.17, 15) is 9.59 Å². The molecule has 92 valence electrons. The van der Waals surface area contributed by atoms with Crippen molar-refractivity contribution in [2.75, 3.05) is 6.61 Å². The summed E-state index contributed by atoms with van der Waals surface area (Å²) in [5.74, 6) is -0.847. The number of alkyl halides is 4. The molecule has 8 heteroatoms. The molecule has 0 bridgehead atoms. The molecule has 0 radical (unpaired) electrons. The number of hydrogen-bond donors (Lipinski definition) is 0. The van der Waals surface area contributed by atoms with Gasteiger partial charge in [0.05, 0.1) is 12.9 Å². The minimum atomic E-state index is -0.523. The molecule has 16 heavy (non-hydrogen) atoms. The Morgan fingerprint density at radius 2 is 1.62 bits per heavy atom. The van der Waals surface area contributed by atoms with Crippen LogP contribution in [0.25, 0.3) is 0 Å². The maximum absolute atomic E-state index is 10.9. The van der Waals surface area contributed by atoms with E-state index in [1.54, 1.807) is 6.08 Å². The molecular formula is C8H8Br4O4. The first-order chi connectivity index (χ1) is 7.45. The van der Waals surface area contributed by atoms with Crippen LogP contribution in [0.5, 0.6) is 0 Å². The Hall–Kier alpha value is 0.600. The van der Waals surface area contributed by atoms with E-state index in [1.807, 2.05) is 0 Å². The number of carbonyl (C=O) groups excluding carboxylic acids is 2. The predicted molar refractivity (Wildman–Crippen MR) is 74.1 cm³/mol. The van der Waals surface area contributed by atoms with Crippen LogP contribution >= 0.6 is 63.7 Å². The van der Waals surface area contributed by atoms with E-state index in [0.717, 1.165) is 0 Å². The first-order valence-corrected chi connectivity index (χ1v) is 7.70. The maximum atomic E-state index is 10.9. The molecule has 0 saturated carbocycles. The number of ether oxygens (including phenoxy) is 2. The van der Waals surface area contributed by atoms with Crippen molar-refractivity contribution in [2.24, 2.45) is 0 Å². The van der Waals surface area contributed by atoms with Crippen LogP contribution in [0.4, 0.5) is 0 Å². The summed E-state index contributed by atoms with van der Waals surface area (Å²) in [6.45, 7) is 0.229. The summed E-state index contributed by atoms with van der Waals surface area (Å²) in [5.41, 5.74) is 0. The fraction of sp³-hybridized carbons (Fsp3) is 0.500. The number of rotatable bonds is 6. The third kappa shape index (κ3) is 8.72. The van der Waals surface area contributed by atoms with Gasteiger partial charge in [-0.3, -0.25) is 0 Å². The average molecular weight is 488 g/mol. The summed E-state index contributed by atoms with van der Waals surface area (Å²) in [5, 5.41) is 0. The van der Waals surface area contributed by atoms with Gasteiger partial charge in [0.2, 0.25) is 0 Å². The molecule has 0 unspecified atom stereocenters. The topological polar surface area (TPSA) is 52.6 Å². The number of carbonyl (C=O) groups is 2. The molecule has 0 atom stereocenters. The molecule has 0 saturated heterocycles. The Labute approximate surface area is 127 Å². The third-order valence-corrected chi connectivity index (χ3v) is 2.66. The molecule has 0 aromatic carbocycles. The smallest absolute Gasteiger partial charge is 0.335 e. The Balaban J connectivity index is 3.56. The van der Waals surface area contributed by atoms with E-state index < -0.39 is 19.4 Å². The van der Waals surface area contributed by atoms with Crippen LogP contribution in [0.15, 0.2) is 12.3 Å². The fourth-order valence-electron chi connectivity index (χ4n) is 0.525. The lowest BCUT2D eigenvalue weighted by atomic mass is 10.4. The highest BCUT2D eigenvalue weighted by Crippen LogP contribution is 2.10. The van der Waals surface area contributed by atoms with Gasteiger partial charge in [-0.2, -0.15) is 0 Å². The predicted octanol–water partition coefficient (Wildman–Crippen LogP) is 3.21. The summed E-state index contributed by atoms with van der Waals surface area (Å²) in [6, 6.07) is 0. The minimum absolute atomic E-state index is 0.229. The molecule has 0 fully saturated rings. The second kappa shape index (κ2) is 9.61. The fourth-order valence-corrected chi connectivity index (χ4v) is 1.01. The monoisotopic (exact) mass is 484 g/mol. The highest BCUT2D eigenvalue weighted by atomic mass is 79.9. The van der Waals surface area contributed by atoms with Crippen LogP contribution in [0, 0.1) is 0 Å². The molecule has 0 aliphatic carbocycles. The molecular weight excluding hydrogens is 480 g/mol. The molecule has 0 spiro atoms. The second-order valence-corrected chi connectivity index (χ2v) is 8.49. The third-order valence-electron chi connectivity index (χ3n) is 1.17. The van der Waals surface area contributed by atoms with E-state index in [2.05, 4.69) is 68.5 Å². The molecule has 0 aromatic rings.